The summed E-state index contributed by atoms with van der Waals surface area (Å²) in [6.45, 7) is 10.5. The highest BCUT2D eigenvalue weighted by Crippen LogP contribution is 2.65. The monoisotopic (exact) mass is 418 g/mol. The van der Waals surface area contributed by atoms with E-state index in [1.165, 1.54) is 5.56 Å². The zero-order chi connectivity index (χ0) is 22.3. The molecule has 0 saturated heterocycles. The fraction of sp³-hybridized carbons (Fsp3) is 0.481. The maximum atomic E-state index is 13.8. The van der Waals surface area contributed by atoms with E-state index in [4.69, 9.17) is 9.15 Å². The van der Waals surface area contributed by atoms with Gasteiger partial charge in [-0.1, -0.05) is 26.8 Å². The molecule has 1 saturated carbocycles. The minimum atomic E-state index is -0.589. The topological polar surface area (TPSA) is 56.5 Å². The van der Waals surface area contributed by atoms with Crippen molar-refractivity contribution in [3.63, 3.8) is 0 Å². The molecular weight excluding hydrogens is 388 g/mol. The van der Waals surface area contributed by atoms with Gasteiger partial charge in [0.05, 0.1) is 25.1 Å². The molecule has 1 heterocycles. The quantitative estimate of drug-likeness (QED) is 0.650. The van der Waals surface area contributed by atoms with E-state index in [1.54, 1.807) is 25.7 Å². The first-order chi connectivity index (χ1) is 14.6. The van der Waals surface area contributed by atoms with E-state index < -0.39 is 10.8 Å². The lowest BCUT2D eigenvalue weighted by Crippen LogP contribution is -2.59. The van der Waals surface area contributed by atoms with E-state index in [0.717, 1.165) is 34.4 Å². The third-order valence-electron chi connectivity index (χ3n) is 8.94. The molecule has 4 heteroatoms. The van der Waals surface area contributed by atoms with Crippen molar-refractivity contribution < 1.29 is 18.7 Å². The van der Waals surface area contributed by atoms with Crippen LogP contribution < -0.4 is 4.74 Å². The Morgan fingerprint density at radius 1 is 1.10 bits per heavy atom. The Balaban J connectivity index is 1.74. The molecule has 1 aromatic heterocycles. The number of carbonyl (C=O) groups excluding carboxylic acids is 2. The highest BCUT2D eigenvalue weighted by molar-refractivity contribution is 5.99. The molecule has 1 fully saturated rings. The lowest BCUT2D eigenvalue weighted by atomic mass is 9.45. The van der Waals surface area contributed by atoms with Gasteiger partial charge in [0.1, 0.15) is 11.5 Å². The molecule has 3 aliphatic carbocycles. The largest absolute Gasteiger partial charge is 0.496 e. The summed E-state index contributed by atoms with van der Waals surface area (Å²) in [6.07, 6.45) is 8.53. The van der Waals surface area contributed by atoms with Crippen molar-refractivity contribution in [1.82, 2.24) is 0 Å². The van der Waals surface area contributed by atoms with Crippen molar-refractivity contribution in [3.8, 4) is 16.9 Å². The van der Waals surface area contributed by atoms with E-state index in [0.29, 0.717) is 6.42 Å². The first-order valence-electron chi connectivity index (χ1n) is 11.1. The summed E-state index contributed by atoms with van der Waals surface area (Å²) < 4.78 is 11.1. The smallest absolute Gasteiger partial charge is 0.161 e. The van der Waals surface area contributed by atoms with Crippen LogP contribution in [0.2, 0.25) is 0 Å². The van der Waals surface area contributed by atoms with Crippen LogP contribution in [0.5, 0.6) is 5.75 Å². The number of furan rings is 1. The molecule has 0 unspecified atom stereocenters. The normalized spacial score (nSPS) is 33.1. The molecule has 0 amide bonds. The van der Waals surface area contributed by atoms with Crippen molar-refractivity contribution in [3.05, 3.63) is 53.5 Å². The number of ketones is 2. The fourth-order valence-electron chi connectivity index (χ4n) is 7.03. The number of allylic oxidation sites excluding steroid dienone is 2. The Labute approximate surface area is 183 Å². The van der Waals surface area contributed by atoms with Gasteiger partial charge in [-0.05, 0) is 72.4 Å². The number of hydrogen-bond acceptors (Lipinski definition) is 4. The molecule has 0 bridgehead atoms. The van der Waals surface area contributed by atoms with Gasteiger partial charge in [0.2, 0.25) is 0 Å². The van der Waals surface area contributed by atoms with Gasteiger partial charge in [0.15, 0.2) is 5.78 Å². The summed E-state index contributed by atoms with van der Waals surface area (Å²) in [5.41, 5.74) is 4.13. The second kappa shape index (κ2) is 6.21. The summed E-state index contributed by atoms with van der Waals surface area (Å²) in [5, 5.41) is 0. The van der Waals surface area contributed by atoms with Crippen LogP contribution in [0.15, 0.2) is 41.2 Å². The highest BCUT2D eigenvalue weighted by atomic mass is 16.5. The molecule has 4 nitrogen and oxygen atoms in total. The number of benzene rings is 1. The van der Waals surface area contributed by atoms with E-state index in [1.807, 2.05) is 19.9 Å². The number of ether oxygens (including phenoxy) is 1. The van der Waals surface area contributed by atoms with Crippen molar-refractivity contribution in [2.45, 2.75) is 52.9 Å². The van der Waals surface area contributed by atoms with Crippen molar-refractivity contribution in [1.29, 1.82) is 0 Å². The van der Waals surface area contributed by atoms with Crippen LogP contribution >= 0.6 is 0 Å². The number of fused-ring (bicyclic) bond motifs is 5. The summed E-state index contributed by atoms with van der Waals surface area (Å²) in [5.74, 6) is 1.25. The maximum absolute atomic E-state index is 13.8. The van der Waals surface area contributed by atoms with E-state index in [9.17, 15) is 9.59 Å². The van der Waals surface area contributed by atoms with Gasteiger partial charge in [-0.15, -0.1) is 0 Å². The van der Waals surface area contributed by atoms with Gasteiger partial charge in [-0.25, -0.2) is 0 Å². The highest BCUT2D eigenvalue weighted by Gasteiger charge is 2.65. The van der Waals surface area contributed by atoms with Crippen LogP contribution in [0.1, 0.15) is 50.8 Å². The number of carbonyl (C=O) groups is 2. The van der Waals surface area contributed by atoms with Gasteiger partial charge >= 0.3 is 0 Å². The molecule has 0 radical (unpaired) electrons. The minimum Gasteiger partial charge on any atom is -0.496 e. The van der Waals surface area contributed by atoms with Gasteiger partial charge < -0.3 is 9.15 Å². The van der Waals surface area contributed by atoms with E-state index in [2.05, 4.69) is 32.9 Å². The molecule has 3 aliphatic rings. The Hall–Kier alpha value is -2.62. The maximum Gasteiger partial charge on any atom is 0.161 e. The van der Waals surface area contributed by atoms with Crippen molar-refractivity contribution in [2.75, 3.05) is 7.11 Å². The van der Waals surface area contributed by atoms with Crippen LogP contribution in [-0.2, 0) is 21.4 Å². The molecule has 1 aromatic carbocycles. The lowest BCUT2D eigenvalue weighted by Gasteiger charge is -2.57. The predicted octanol–water partition coefficient (Wildman–Crippen LogP) is 5.45. The number of methoxy groups -OCH3 is 1. The average Bonchev–Trinajstić information content (AvgIpc) is 3.35. The van der Waals surface area contributed by atoms with Crippen LogP contribution in [0, 0.1) is 29.6 Å². The van der Waals surface area contributed by atoms with Crippen molar-refractivity contribution >= 4 is 11.6 Å². The van der Waals surface area contributed by atoms with Crippen LogP contribution in [-0.4, -0.2) is 18.7 Å². The predicted molar refractivity (Wildman–Crippen MR) is 119 cm³/mol. The van der Waals surface area contributed by atoms with Gasteiger partial charge in [-0.2, -0.15) is 0 Å². The molecular formula is C27H30O4. The summed E-state index contributed by atoms with van der Waals surface area (Å²) in [7, 11) is 1.68. The number of rotatable bonds is 2. The van der Waals surface area contributed by atoms with E-state index >= 15 is 0 Å². The minimum absolute atomic E-state index is 0.00735. The Kier molecular flexibility index (Phi) is 4.07. The Morgan fingerprint density at radius 3 is 2.48 bits per heavy atom. The summed E-state index contributed by atoms with van der Waals surface area (Å²) in [6, 6.07) is 4.02. The Bertz CT molecular complexity index is 1140. The zero-order valence-corrected chi connectivity index (χ0v) is 19.2. The fourth-order valence-corrected chi connectivity index (χ4v) is 7.03. The van der Waals surface area contributed by atoms with Crippen molar-refractivity contribution in [2.24, 2.45) is 22.7 Å². The first kappa shape index (κ1) is 20.3. The van der Waals surface area contributed by atoms with Crippen LogP contribution in [0.25, 0.3) is 11.1 Å². The summed E-state index contributed by atoms with van der Waals surface area (Å²) >= 11 is 0. The van der Waals surface area contributed by atoms with Gasteiger partial charge in [-0.3, -0.25) is 9.59 Å². The Morgan fingerprint density at radius 2 is 1.84 bits per heavy atom. The molecule has 2 aromatic rings. The third kappa shape index (κ3) is 2.36. The van der Waals surface area contributed by atoms with Gasteiger partial charge in [0.25, 0.3) is 0 Å². The van der Waals surface area contributed by atoms with Gasteiger partial charge in [0, 0.05) is 23.0 Å². The SMILES string of the molecule is COc1cc2c(c(C)c1-c1ccoc1)C[C@@H]1[C@@]3(C)C=CC(=O)C(C)(C)[C@@H]3CC(=O)[C@@]21C. The molecule has 0 N–H and O–H groups in total. The molecule has 162 valence electrons. The van der Waals surface area contributed by atoms with Crippen LogP contribution in [0.3, 0.4) is 0 Å². The third-order valence-corrected chi connectivity index (χ3v) is 8.94. The molecule has 0 aliphatic heterocycles. The number of hydrogen-bond donors (Lipinski definition) is 0. The first-order valence-corrected chi connectivity index (χ1v) is 11.1. The second-order valence-corrected chi connectivity index (χ2v) is 10.5. The number of Topliss-reactive ketones (excluding diaryl/α,β-unsaturated/α-hetero) is 1. The zero-order valence-electron chi connectivity index (χ0n) is 19.2. The molecule has 4 atom stereocenters. The lowest BCUT2D eigenvalue weighted by molar-refractivity contribution is -0.146. The molecule has 0 spiro atoms. The van der Waals surface area contributed by atoms with E-state index in [-0.39, 0.29) is 28.8 Å². The van der Waals surface area contributed by atoms with Crippen LogP contribution in [0.4, 0.5) is 0 Å². The molecule has 5 rings (SSSR count). The summed E-state index contributed by atoms with van der Waals surface area (Å²) in [4.78, 5) is 26.5. The average molecular weight is 419 g/mol. The second-order valence-electron chi connectivity index (χ2n) is 10.5. The standard InChI is InChI=1S/C27H30O4/c1-15-17-11-21-26(4)9-7-22(28)25(2,3)20(26)13-23(29)27(21,5)18(17)12-19(30-6)24(15)16-8-10-31-14-16/h7-10,12,14,20-21H,11,13H2,1-6H3/t20-,21+,26-,27-/m0/s1. The molecule has 31 heavy (non-hydrogen) atoms.